The first kappa shape index (κ1) is 15.4. The van der Waals surface area contributed by atoms with Gasteiger partial charge in [-0.25, -0.2) is 8.78 Å². The molecule has 0 radical (unpaired) electrons. The van der Waals surface area contributed by atoms with Gasteiger partial charge in [0.25, 0.3) is 0 Å². The molecule has 0 aliphatic carbocycles. The smallest absolute Gasteiger partial charge is 0.131 e. The second-order valence-corrected chi connectivity index (χ2v) is 4.79. The molecular formula is C17H19F2NO. The number of hydrogen-bond donors (Lipinski definition) is 1. The van der Waals surface area contributed by atoms with E-state index in [1.807, 2.05) is 6.92 Å². The molecule has 1 unspecified atom stereocenters. The molecule has 2 aromatic rings. The molecule has 0 spiro atoms. The first-order valence-electron chi connectivity index (χ1n) is 6.96. The molecule has 1 N–H and O–H groups in total. The van der Waals surface area contributed by atoms with E-state index in [9.17, 15) is 8.78 Å². The lowest BCUT2D eigenvalue weighted by Crippen LogP contribution is -2.24. The molecule has 0 aliphatic rings. The van der Waals surface area contributed by atoms with Crippen molar-refractivity contribution >= 4 is 0 Å². The van der Waals surface area contributed by atoms with Crippen molar-refractivity contribution in [1.82, 2.24) is 5.32 Å². The maximum Gasteiger partial charge on any atom is 0.131 e. The zero-order valence-electron chi connectivity index (χ0n) is 12.2. The highest BCUT2D eigenvalue weighted by molar-refractivity contribution is 5.32. The van der Waals surface area contributed by atoms with Crippen molar-refractivity contribution in [2.45, 2.75) is 19.4 Å². The Balaban J connectivity index is 2.29. The summed E-state index contributed by atoms with van der Waals surface area (Å²) in [5.41, 5.74) is 1.08. The summed E-state index contributed by atoms with van der Waals surface area (Å²) in [7, 11) is 1.50. The Hall–Kier alpha value is -1.94. The fourth-order valence-electron chi connectivity index (χ4n) is 2.34. The molecule has 1 atom stereocenters. The largest absolute Gasteiger partial charge is 0.497 e. The van der Waals surface area contributed by atoms with Crippen LogP contribution in [0, 0.1) is 11.6 Å². The van der Waals surface area contributed by atoms with Gasteiger partial charge in [0.2, 0.25) is 0 Å². The Morgan fingerprint density at radius 2 is 1.86 bits per heavy atom. The minimum atomic E-state index is -0.350. The Kier molecular flexibility index (Phi) is 5.28. The highest BCUT2D eigenvalue weighted by Gasteiger charge is 2.17. The van der Waals surface area contributed by atoms with Gasteiger partial charge in [0.05, 0.1) is 7.11 Å². The predicted molar refractivity (Wildman–Crippen MR) is 79.5 cm³/mol. The maximum atomic E-state index is 14.2. The number of likely N-dealkylation sites (N-methyl/N-ethyl adjacent to an activating group) is 1. The molecule has 0 saturated carbocycles. The van der Waals surface area contributed by atoms with E-state index >= 15 is 0 Å². The van der Waals surface area contributed by atoms with Crippen LogP contribution in [-0.2, 0) is 6.42 Å². The van der Waals surface area contributed by atoms with Crippen LogP contribution in [0.3, 0.4) is 0 Å². The molecule has 2 nitrogen and oxygen atoms in total. The molecular weight excluding hydrogens is 272 g/mol. The quantitative estimate of drug-likeness (QED) is 0.872. The number of rotatable bonds is 6. The molecule has 0 aliphatic heterocycles. The van der Waals surface area contributed by atoms with Crippen molar-refractivity contribution < 1.29 is 13.5 Å². The number of nitrogens with one attached hydrogen (secondary N) is 1. The van der Waals surface area contributed by atoms with Gasteiger partial charge < -0.3 is 10.1 Å². The molecule has 2 rings (SSSR count). The van der Waals surface area contributed by atoms with E-state index in [0.29, 0.717) is 29.8 Å². The summed E-state index contributed by atoms with van der Waals surface area (Å²) in [6, 6.07) is 11.0. The average Bonchev–Trinajstić information content (AvgIpc) is 2.49. The van der Waals surface area contributed by atoms with Gasteiger partial charge in [-0.15, -0.1) is 0 Å². The second kappa shape index (κ2) is 7.18. The van der Waals surface area contributed by atoms with Gasteiger partial charge in [0.1, 0.15) is 17.4 Å². The van der Waals surface area contributed by atoms with Crippen LogP contribution in [0.1, 0.15) is 24.1 Å². The normalized spacial score (nSPS) is 12.2. The number of ether oxygens (including phenoxy) is 1. The molecule has 21 heavy (non-hydrogen) atoms. The zero-order chi connectivity index (χ0) is 15.2. The van der Waals surface area contributed by atoms with Gasteiger partial charge in [-0.05, 0) is 30.7 Å². The van der Waals surface area contributed by atoms with Crippen LogP contribution in [0.4, 0.5) is 8.78 Å². The summed E-state index contributed by atoms with van der Waals surface area (Å²) in [5, 5.41) is 3.21. The molecule has 0 fully saturated rings. The summed E-state index contributed by atoms with van der Waals surface area (Å²) >= 11 is 0. The van der Waals surface area contributed by atoms with E-state index in [-0.39, 0.29) is 17.7 Å². The summed E-state index contributed by atoms with van der Waals surface area (Å²) in [6.45, 7) is 2.61. The lowest BCUT2D eigenvalue weighted by atomic mass is 9.98. The Morgan fingerprint density at radius 3 is 2.48 bits per heavy atom. The van der Waals surface area contributed by atoms with Crippen molar-refractivity contribution in [3.8, 4) is 5.75 Å². The van der Waals surface area contributed by atoms with Crippen LogP contribution in [0.2, 0.25) is 0 Å². The highest BCUT2D eigenvalue weighted by atomic mass is 19.1. The minimum absolute atomic E-state index is 0.269. The van der Waals surface area contributed by atoms with E-state index in [2.05, 4.69) is 5.32 Å². The fourth-order valence-corrected chi connectivity index (χ4v) is 2.34. The van der Waals surface area contributed by atoms with Crippen LogP contribution in [0.5, 0.6) is 5.75 Å². The van der Waals surface area contributed by atoms with E-state index in [1.165, 1.54) is 19.2 Å². The first-order valence-corrected chi connectivity index (χ1v) is 6.96. The van der Waals surface area contributed by atoms with Crippen LogP contribution in [0.15, 0.2) is 42.5 Å². The van der Waals surface area contributed by atoms with Gasteiger partial charge in [-0.1, -0.05) is 31.2 Å². The average molecular weight is 291 g/mol. The summed E-state index contributed by atoms with van der Waals surface area (Å²) in [6.07, 6.45) is 0.393. The molecule has 0 saturated heterocycles. The molecule has 0 aromatic heterocycles. The molecule has 0 amide bonds. The van der Waals surface area contributed by atoms with E-state index in [0.717, 1.165) is 0 Å². The van der Waals surface area contributed by atoms with E-state index < -0.39 is 0 Å². The highest BCUT2D eigenvalue weighted by Crippen LogP contribution is 2.25. The SMILES string of the molecule is CCNC(Cc1ccccc1F)c1ccc(OC)cc1F. The van der Waals surface area contributed by atoms with Crippen LogP contribution in [0.25, 0.3) is 0 Å². The van der Waals surface area contributed by atoms with E-state index in [1.54, 1.807) is 30.3 Å². The lowest BCUT2D eigenvalue weighted by molar-refractivity contribution is 0.409. The third kappa shape index (κ3) is 3.79. The minimum Gasteiger partial charge on any atom is -0.497 e. The summed E-state index contributed by atoms with van der Waals surface area (Å²) < 4.78 is 33.0. The van der Waals surface area contributed by atoms with Gasteiger partial charge in [0, 0.05) is 17.7 Å². The Bertz CT molecular complexity index is 601. The number of benzene rings is 2. The standard InChI is InChI=1S/C17H19F2NO/c1-3-20-17(10-12-6-4-5-7-15(12)18)14-9-8-13(21-2)11-16(14)19/h4-9,11,17,20H,3,10H2,1-2H3. The Morgan fingerprint density at radius 1 is 1.10 bits per heavy atom. The van der Waals surface area contributed by atoms with Crippen molar-refractivity contribution in [1.29, 1.82) is 0 Å². The van der Waals surface area contributed by atoms with Gasteiger partial charge in [-0.2, -0.15) is 0 Å². The monoisotopic (exact) mass is 291 g/mol. The van der Waals surface area contributed by atoms with Gasteiger partial charge in [-0.3, -0.25) is 0 Å². The Labute approximate surface area is 123 Å². The third-order valence-corrected chi connectivity index (χ3v) is 3.42. The summed E-state index contributed by atoms with van der Waals surface area (Å²) in [4.78, 5) is 0. The zero-order valence-corrected chi connectivity index (χ0v) is 12.2. The third-order valence-electron chi connectivity index (χ3n) is 3.42. The molecule has 2 aromatic carbocycles. The van der Waals surface area contributed by atoms with Crippen LogP contribution < -0.4 is 10.1 Å². The van der Waals surface area contributed by atoms with Crippen molar-refractivity contribution in [3.05, 3.63) is 65.2 Å². The predicted octanol–water partition coefficient (Wildman–Crippen LogP) is 3.87. The van der Waals surface area contributed by atoms with Crippen molar-refractivity contribution in [2.75, 3.05) is 13.7 Å². The van der Waals surface area contributed by atoms with Crippen LogP contribution in [-0.4, -0.2) is 13.7 Å². The molecule has 112 valence electrons. The van der Waals surface area contributed by atoms with Crippen molar-refractivity contribution in [2.24, 2.45) is 0 Å². The van der Waals surface area contributed by atoms with Crippen molar-refractivity contribution in [3.63, 3.8) is 0 Å². The number of methoxy groups -OCH3 is 1. The molecule has 0 bridgehead atoms. The van der Waals surface area contributed by atoms with E-state index in [4.69, 9.17) is 4.74 Å². The summed E-state index contributed by atoms with van der Waals surface area (Å²) in [5.74, 6) is -0.150. The fraction of sp³-hybridized carbons (Fsp3) is 0.294. The molecule has 0 heterocycles. The topological polar surface area (TPSA) is 21.3 Å². The van der Waals surface area contributed by atoms with Gasteiger partial charge >= 0.3 is 0 Å². The molecule has 4 heteroatoms. The van der Waals surface area contributed by atoms with Gasteiger partial charge in [0.15, 0.2) is 0 Å². The maximum absolute atomic E-state index is 14.2. The second-order valence-electron chi connectivity index (χ2n) is 4.79. The number of halogens is 2. The number of hydrogen-bond acceptors (Lipinski definition) is 2. The van der Waals surface area contributed by atoms with Crippen LogP contribution >= 0.6 is 0 Å². The lowest BCUT2D eigenvalue weighted by Gasteiger charge is -2.20. The first-order chi connectivity index (χ1) is 10.2.